The molecular weight excluding hydrogens is 419 g/mol. The highest BCUT2D eigenvalue weighted by molar-refractivity contribution is 5.78. The number of hydrogen-bond donors (Lipinski definition) is 4. The molecule has 0 bridgehead atoms. The van der Waals surface area contributed by atoms with E-state index in [1.807, 2.05) is 0 Å². The lowest BCUT2D eigenvalue weighted by atomic mass is 10.1. The van der Waals surface area contributed by atoms with Crippen LogP contribution in [0.2, 0.25) is 0 Å². The smallest absolute Gasteiger partial charge is 0.379 e. The van der Waals surface area contributed by atoms with Crippen LogP contribution in [0.3, 0.4) is 0 Å². The zero-order valence-corrected chi connectivity index (χ0v) is 16.2. The third-order valence-electron chi connectivity index (χ3n) is 4.61. The number of rotatable bonds is 7. The summed E-state index contributed by atoms with van der Waals surface area (Å²) in [6.45, 7) is 1.73. The van der Waals surface area contributed by atoms with E-state index in [4.69, 9.17) is 0 Å². The van der Waals surface area contributed by atoms with Gasteiger partial charge in [-0.15, -0.1) is 0 Å². The van der Waals surface area contributed by atoms with Gasteiger partial charge in [0.05, 0.1) is 27.6 Å². The summed E-state index contributed by atoms with van der Waals surface area (Å²) in [5, 5.41) is 16.5. The maximum Gasteiger partial charge on any atom is 0.416 e. The van der Waals surface area contributed by atoms with Crippen LogP contribution in [0, 0.1) is 10.1 Å². The Bertz CT molecular complexity index is 1190. The second kappa shape index (κ2) is 8.50. The van der Waals surface area contributed by atoms with Crippen molar-refractivity contribution in [3.63, 3.8) is 0 Å². The van der Waals surface area contributed by atoms with Crippen LogP contribution in [0.15, 0.2) is 41.2 Å². The SMILES string of the molecule is CC(NC(=O)CCNc1ccc(C(F)(F)F)cc1[N+](=O)[O-])c1ccc2[nH]c(=O)[nH]c2c1. The number of amides is 1. The van der Waals surface area contributed by atoms with E-state index in [2.05, 4.69) is 20.6 Å². The summed E-state index contributed by atoms with van der Waals surface area (Å²) in [5.41, 5.74) is -0.320. The van der Waals surface area contributed by atoms with E-state index in [9.17, 15) is 32.9 Å². The topological polar surface area (TPSA) is 133 Å². The quantitative estimate of drug-likeness (QED) is 0.332. The molecule has 0 aliphatic heterocycles. The van der Waals surface area contributed by atoms with Gasteiger partial charge in [0.15, 0.2) is 0 Å². The molecule has 3 aromatic rings. The number of hydrogen-bond acceptors (Lipinski definition) is 5. The summed E-state index contributed by atoms with van der Waals surface area (Å²) >= 11 is 0. The van der Waals surface area contributed by atoms with E-state index in [0.29, 0.717) is 17.1 Å². The van der Waals surface area contributed by atoms with Crippen molar-refractivity contribution in [1.82, 2.24) is 15.3 Å². The molecule has 12 heteroatoms. The van der Waals surface area contributed by atoms with Gasteiger partial charge in [0, 0.05) is 19.0 Å². The summed E-state index contributed by atoms with van der Waals surface area (Å²) < 4.78 is 38.3. The number of H-pyrrole nitrogens is 2. The second-order valence-corrected chi connectivity index (χ2v) is 6.84. The maximum absolute atomic E-state index is 12.8. The number of nitrogens with one attached hydrogen (secondary N) is 4. The van der Waals surface area contributed by atoms with Crippen LogP contribution in [0.4, 0.5) is 24.5 Å². The molecule has 1 unspecified atom stereocenters. The van der Waals surface area contributed by atoms with Gasteiger partial charge in [-0.2, -0.15) is 13.2 Å². The minimum Gasteiger partial charge on any atom is -0.379 e. The molecule has 9 nitrogen and oxygen atoms in total. The van der Waals surface area contributed by atoms with Crippen LogP contribution in [-0.4, -0.2) is 27.3 Å². The Hall–Kier alpha value is -3.83. The molecular formula is C19H18F3N5O4. The van der Waals surface area contributed by atoms with Gasteiger partial charge in [0.25, 0.3) is 5.69 Å². The molecule has 0 saturated heterocycles. The number of aromatic nitrogens is 2. The van der Waals surface area contributed by atoms with E-state index >= 15 is 0 Å². The number of nitrogens with zero attached hydrogens (tertiary/aromatic N) is 1. The van der Waals surface area contributed by atoms with E-state index in [-0.39, 0.29) is 36.3 Å². The number of alkyl halides is 3. The first-order chi connectivity index (χ1) is 14.5. The van der Waals surface area contributed by atoms with Gasteiger partial charge in [-0.3, -0.25) is 14.9 Å². The number of imidazole rings is 1. The van der Waals surface area contributed by atoms with E-state index in [1.165, 1.54) is 0 Å². The Morgan fingerprint density at radius 2 is 1.87 bits per heavy atom. The second-order valence-electron chi connectivity index (χ2n) is 6.84. The first-order valence-corrected chi connectivity index (χ1v) is 9.15. The van der Waals surface area contributed by atoms with Crippen molar-refractivity contribution in [2.45, 2.75) is 25.6 Å². The van der Waals surface area contributed by atoms with Crippen LogP contribution in [0.1, 0.15) is 30.5 Å². The minimum absolute atomic E-state index is 0.0189. The summed E-state index contributed by atoms with van der Waals surface area (Å²) in [5.74, 6) is -0.364. The third-order valence-corrected chi connectivity index (χ3v) is 4.61. The van der Waals surface area contributed by atoms with Gasteiger partial charge in [-0.05, 0) is 36.8 Å². The lowest BCUT2D eigenvalue weighted by Gasteiger charge is -2.15. The number of halogens is 3. The fraction of sp³-hybridized carbons (Fsp3) is 0.263. The fourth-order valence-electron chi connectivity index (χ4n) is 3.04. The number of carbonyl (C=O) groups excluding carboxylic acids is 1. The van der Waals surface area contributed by atoms with Crippen molar-refractivity contribution in [2.24, 2.45) is 0 Å². The molecule has 2 aromatic carbocycles. The number of nitro benzene ring substituents is 1. The summed E-state index contributed by atoms with van der Waals surface area (Å²) in [4.78, 5) is 38.9. The number of benzene rings is 2. The average Bonchev–Trinajstić information content (AvgIpc) is 3.06. The summed E-state index contributed by atoms with van der Waals surface area (Å²) in [6.07, 6.45) is -4.76. The van der Waals surface area contributed by atoms with Crippen molar-refractivity contribution in [3.05, 3.63) is 68.1 Å². The van der Waals surface area contributed by atoms with Crippen LogP contribution < -0.4 is 16.3 Å². The minimum atomic E-state index is -4.70. The summed E-state index contributed by atoms with van der Waals surface area (Å²) in [7, 11) is 0. The Labute approximate surface area is 172 Å². The zero-order valence-electron chi connectivity index (χ0n) is 16.2. The first kappa shape index (κ1) is 21.9. The first-order valence-electron chi connectivity index (χ1n) is 9.15. The fourth-order valence-corrected chi connectivity index (χ4v) is 3.04. The lowest BCUT2D eigenvalue weighted by Crippen LogP contribution is -2.28. The molecule has 0 saturated carbocycles. The average molecular weight is 437 g/mol. The lowest BCUT2D eigenvalue weighted by molar-refractivity contribution is -0.384. The highest BCUT2D eigenvalue weighted by Gasteiger charge is 2.33. The molecule has 0 aliphatic rings. The number of nitro groups is 1. The molecule has 1 amide bonds. The highest BCUT2D eigenvalue weighted by atomic mass is 19.4. The van der Waals surface area contributed by atoms with E-state index in [0.717, 1.165) is 17.7 Å². The predicted molar refractivity (Wildman–Crippen MR) is 107 cm³/mol. The Balaban J connectivity index is 1.59. The monoisotopic (exact) mass is 437 g/mol. The van der Waals surface area contributed by atoms with Crippen LogP contribution in [0.25, 0.3) is 11.0 Å². The Morgan fingerprint density at radius 3 is 2.55 bits per heavy atom. The van der Waals surface area contributed by atoms with Gasteiger partial charge in [-0.1, -0.05) is 6.07 Å². The zero-order chi connectivity index (χ0) is 22.8. The predicted octanol–water partition coefficient (Wildman–Crippen LogP) is 3.46. The molecule has 1 aromatic heterocycles. The summed E-state index contributed by atoms with van der Waals surface area (Å²) in [6, 6.07) is 6.95. The molecule has 0 spiro atoms. The number of aromatic amines is 2. The maximum atomic E-state index is 12.8. The van der Waals surface area contributed by atoms with Crippen LogP contribution >= 0.6 is 0 Å². The molecule has 0 aliphatic carbocycles. The molecule has 0 radical (unpaired) electrons. The molecule has 0 fully saturated rings. The molecule has 1 atom stereocenters. The molecule has 164 valence electrons. The van der Waals surface area contributed by atoms with Crippen molar-refractivity contribution >= 4 is 28.3 Å². The Kier molecular flexibility index (Phi) is 5.99. The standard InChI is InChI=1S/C19H18F3N5O4/c1-10(11-2-4-13-15(8-11)26-18(29)25-13)24-17(28)6-7-23-14-5-3-12(19(20,21)22)9-16(14)27(30)31/h2-5,8-10,23H,6-7H2,1H3,(H,24,28)(H2,25,26,29). The molecule has 1 heterocycles. The van der Waals surface area contributed by atoms with Gasteiger partial charge in [-0.25, -0.2) is 4.79 Å². The van der Waals surface area contributed by atoms with Crippen molar-refractivity contribution in [1.29, 1.82) is 0 Å². The van der Waals surface area contributed by atoms with Crippen LogP contribution in [-0.2, 0) is 11.0 Å². The highest BCUT2D eigenvalue weighted by Crippen LogP contribution is 2.34. The van der Waals surface area contributed by atoms with Gasteiger partial charge in [0.2, 0.25) is 5.91 Å². The van der Waals surface area contributed by atoms with E-state index < -0.39 is 22.4 Å². The normalized spacial score (nSPS) is 12.5. The van der Waals surface area contributed by atoms with Crippen molar-refractivity contribution < 1.29 is 22.9 Å². The van der Waals surface area contributed by atoms with Gasteiger partial charge >= 0.3 is 11.9 Å². The largest absolute Gasteiger partial charge is 0.416 e. The van der Waals surface area contributed by atoms with Crippen molar-refractivity contribution in [3.8, 4) is 0 Å². The Morgan fingerprint density at radius 1 is 1.16 bits per heavy atom. The number of fused-ring (bicyclic) bond motifs is 1. The molecule has 3 rings (SSSR count). The third kappa shape index (κ3) is 5.21. The van der Waals surface area contributed by atoms with Crippen LogP contribution in [0.5, 0.6) is 0 Å². The van der Waals surface area contributed by atoms with Crippen molar-refractivity contribution in [2.75, 3.05) is 11.9 Å². The molecule has 4 N–H and O–H groups in total. The van der Waals surface area contributed by atoms with Gasteiger partial charge < -0.3 is 20.6 Å². The van der Waals surface area contributed by atoms with Gasteiger partial charge in [0.1, 0.15) is 5.69 Å². The van der Waals surface area contributed by atoms with E-state index in [1.54, 1.807) is 25.1 Å². The number of anilines is 1. The number of carbonyl (C=O) groups is 1. The molecule has 31 heavy (non-hydrogen) atoms.